The van der Waals surface area contributed by atoms with Gasteiger partial charge in [-0.15, -0.1) is 0 Å². The number of hydrogen-bond acceptors (Lipinski definition) is 3. The Kier molecular flexibility index (Phi) is 3.86. The molecule has 1 aromatic heterocycles. The van der Waals surface area contributed by atoms with Gasteiger partial charge in [0.05, 0.1) is 0 Å². The van der Waals surface area contributed by atoms with Gasteiger partial charge in [-0.1, -0.05) is 18.2 Å². The highest BCUT2D eigenvalue weighted by Gasteiger charge is 2.21. The maximum atomic E-state index is 12.7. The van der Waals surface area contributed by atoms with Crippen LogP contribution in [-0.4, -0.2) is 29.4 Å². The number of amides is 1. The number of carbonyl (C=O) groups excluding carboxylic acids is 1. The first-order valence-corrected chi connectivity index (χ1v) is 7.28. The summed E-state index contributed by atoms with van der Waals surface area (Å²) < 4.78 is 0. The number of aryl methyl sites for hydroxylation is 1. The van der Waals surface area contributed by atoms with E-state index in [0.29, 0.717) is 6.54 Å². The molecule has 0 fully saturated rings. The Morgan fingerprint density at radius 3 is 3.00 bits per heavy atom. The van der Waals surface area contributed by atoms with E-state index in [1.165, 1.54) is 0 Å². The third-order valence-corrected chi connectivity index (χ3v) is 3.86. The molecule has 0 unspecified atom stereocenters. The molecule has 4 nitrogen and oxygen atoms in total. The van der Waals surface area contributed by atoms with Crippen LogP contribution in [0.15, 0.2) is 42.6 Å². The van der Waals surface area contributed by atoms with E-state index >= 15 is 0 Å². The Bertz CT molecular complexity index is 654. The Hall–Kier alpha value is -2.36. The van der Waals surface area contributed by atoms with Gasteiger partial charge in [0, 0.05) is 31.9 Å². The van der Waals surface area contributed by atoms with Crippen molar-refractivity contribution < 1.29 is 4.79 Å². The van der Waals surface area contributed by atoms with Gasteiger partial charge in [-0.3, -0.25) is 4.79 Å². The molecular weight excluding hydrogens is 262 g/mol. The van der Waals surface area contributed by atoms with Gasteiger partial charge >= 0.3 is 0 Å². The molecule has 2 heterocycles. The smallest absolute Gasteiger partial charge is 0.254 e. The molecule has 0 bridgehead atoms. The third-order valence-electron chi connectivity index (χ3n) is 3.86. The van der Waals surface area contributed by atoms with Crippen molar-refractivity contribution in [2.75, 3.05) is 18.9 Å². The minimum absolute atomic E-state index is 0.130. The van der Waals surface area contributed by atoms with Crippen molar-refractivity contribution in [2.45, 2.75) is 19.4 Å². The first-order chi connectivity index (χ1) is 10.3. The molecule has 2 aromatic rings. The maximum absolute atomic E-state index is 12.7. The predicted molar refractivity (Wildman–Crippen MR) is 83.3 cm³/mol. The summed E-state index contributed by atoms with van der Waals surface area (Å²) in [5, 5.41) is 3.03. The lowest BCUT2D eigenvalue weighted by molar-refractivity contribution is 0.0749. The van der Waals surface area contributed by atoms with Crippen LogP contribution in [0.5, 0.6) is 0 Å². The van der Waals surface area contributed by atoms with E-state index in [1.807, 2.05) is 42.3 Å². The molecule has 1 aromatic carbocycles. The van der Waals surface area contributed by atoms with E-state index in [4.69, 9.17) is 0 Å². The molecule has 0 aliphatic carbocycles. The zero-order chi connectivity index (χ0) is 14.7. The maximum Gasteiger partial charge on any atom is 0.254 e. The van der Waals surface area contributed by atoms with Gasteiger partial charge in [-0.05, 0) is 42.2 Å². The average Bonchev–Trinajstić information content (AvgIpc) is 2.68. The molecule has 108 valence electrons. The van der Waals surface area contributed by atoms with Gasteiger partial charge < -0.3 is 10.2 Å². The molecule has 0 saturated carbocycles. The lowest BCUT2D eigenvalue weighted by atomic mass is 10.0. The van der Waals surface area contributed by atoms with Crippen LogP contribution in [0.3, 0.4) is 0 Å². The number of fused-ring (bicyclic) bond motifs is 1. The van der Waals surface area contributed by atoms with Crippen molar-refractivity contribution >= 4 is 11.7 Å². The minimum atomic E-state index is 0.130. The normalized spacial score (nSPS) is 14.5. The van der Waals surface area contributed by atoms with E-state index < -0.39 is 0 Å². The zero-order valence-corrected chi connectivity index (χ0v) is 12.2. The second-order valence-corrected chi connectivity index (χ2v) is 5.29. The summed E-state index contributed by atoms with van der Waals surface area (Å²) in [4.78, 5) is 18.8. The molecule has 3 rings (SSSR count). The molecule has 0 radical (unpaired) electrons. The lowest BCUT2D eigenvalue weighted by Crippen LogP contribution is -2.30. The average molecular weight is 281 g/mol. The van der Waals surface area contributed by atoms with Gasteiger partial charge in [0.25, 0.3) is 5.91 Å². The highest BCUT2D eigenvalue weighted by molar-refractivity contribution is 5.96. The highest BCUT2D eigenvalue weighted by atomic mass is 16.2. The molecule has 1 aliphatic heterocycles. The van der Waals surface area contributed by atoms with Crippen LogP contribution in [0.4, 0.5) is 5.82 Å². The number of benzene rings is 1. The monoisotopic (exact) mass is 281 g/mol. The van der Waals surface area contributed by atoms with Crippen LogP contribution in [-0.2, 0) is 13.0 Å². The van der Waals surface area contributed by atoms with E-state index in [9.17, 15) is 4.79 Å². The summed E-state index contributed by atoms with van der Waals surface area (Å²) in [6.45, 7) is 1.43. The number of hydrogen-bond donors (Lipinski definition) is 1. The van der Waals surface area contributed by atoms with Crippen LogP contribution in [0, 0.1) is 0 Å². The molecule has 0 atom stereocenters. The van der Waals surface area contributed by atoms with Gasteiger partial charge in [-0.25, -0.2) is 4.98 Å². The van der Waals surface area contributed by atoms with Crippen LogP contribution in [0.1, 0.15) is 27.9 Å². The summed E-state index contributed by atoms with van der Waals surface area (Å²) in [7, 11) is 1.85. The fourth-order valence-corrected chi connectivity index (χ4v) is 2.76. The van der Waals surface area contributed by atoms with Crippen molar-refractivity contribution in [3.8, 4) is 0 Å². The number of rotatable bonds is 3. The summed E-state index contributed by atoms with van der Waals surface area (Å²) in [5.41, 5.74) is 3.11. The van der Waals surface area contributed by atoms with E-state index in [0.717, 1.165) is 41.9 Å². The van der Waals surface area contributed by atoms with E-state index in [-0.39, 0.29) is 5.91 Å². The summed E-state index contributed by atoms with van der Waals surface area (Å²) in [5.74, 6) is 0.959. The van der Waals surface area contributed by atoms with Crippen LogP contribution in [0.2, 0.25) is 0 Å². The first kappa shape index (κ1) is 13.6. The molecule has 0 spiro atoms. The molecule has 1 amide bonds. The SMILES string of the molecule is CNc1cc(CN2CCCc3ccccc3C2=O)ccn1. The number of pyridine rings is 1. The van der Waals surface area contributed by atoms with Crippen molar-refractivity contribution in [3.63, 3.8) is 0 Å². The van der Waals surface area contributed by atoms with E-state index in [1.54, 1.807) is 6.20 Å². The Balaban J connectivity index is 1.84. The topological polar surface area (TPSA) is 45.2 Å². The summed E-state index contributed by atoms with van der Waals surface area (Å²) in [6.07, 6.45) is 3.75. The van der Waals surface area contributed by atoms with E-state index in [2.05, 4.69) is 16.4 Å². The molecule has 0 saturated heterocycles. The number of nitrogens with one attached hydrogen (secondary N) is 1. The van der Waals surface area contributed by atoms with Crippen LogP contribution in [0.25, 0.3) is 0 Å². The second kappa shape index (κ2) is 5.95. The highest BCUT2D eigenvalue weighted by Crippen LogP contribution is 2.20. The quantitative estimate of drug-likeness (QED) is 0.941. The molecule has 21 heavy (non-hydrogen) atoms. The van der Waals surface area contributed by atoms with Gasteiger partial charge in [-0.2, -0.15) is 0 Å². The zero-order valence-electron chi connectivity index (χ0n) is 12.2. The number of aromatic nitrogens is 1. The molecule has 1 N–H and O–H groups in total. The van der Waals surface area contributed by atoms with Crippen molar-refractivity contribution in [3.05, 3.63) is 59.3 Å². The van der Waals surface area contributed by atoms with Gasteiger partial charge in [0.1, 0.15) is 5.82 Å². The standard InChI is InChI=1S/C17H19N3O/c1-18-16-11-13(8-9-19-16)12-20-10-4-6-14-5-2-3-7-15(14)17(20)21/h2-3,5,7-9,11H,4,6,10,12H2,1H3,(H,18,19). The van der Waals surface area contributed by atoms with Crippen molar-refractivity contribution in [2.24, 2.45) is 0 Å². The molecule has 1 aliphatic rings. The Labute approximate surface area is 124 Å². The summed E-state index contributed by atoms with van der Waals surface area (Å²) >= 11 is 0. The van der Waals surface area contributed by atoms with Gasteiger partial charge in [0.2, 0.25) is 0 Å². The van der Waals surface area contributed by atoms with Gasteiger partial charge in [0.15, 0.2) is 0 Å². The van der Waals surface area contributed by atoms with Crippen molar-refractivity contribution in [1.82, 2.24) is 9.88 Å². The first-order valence-electron chi connectivity index (χ1n) is 7.28. The fourth-order valence-electron chi connectivity index (χ4n) is 2.76. The van der Waals surface area contributed by atoms with Crippen molar-refractivity contribution in [1.29, 1.82) is 0 Å². The fraction of sp³-hybridized carbons (Fsp3) is 0.294. The number of nitrogens with zero attached hydrogens (tertiary/aromatic N) is 2. The third kappa shape index (κ3) is 2.89. The Morgan fingerprint density at radius 1 is 1.29 bits per heavy atom. The predicted octanol–water partition coefficient (Wildman–Crippen LogP) is 2.71. The molecular formula is C17H19N3O. The number of carbonyl (C=O) groups is 1. The minimum Gasteiger partial charge on any atom is -0.373 e. The largest absolute Gasteiger partial charge is 0.373 e. The van der Waals surface area contributed by atoms with Crippen LogP contribution >= 0.6 is 0 Å². The molecule has 4 heteroatoms. The van der Waals surface area contributed by atoms with Crippen LogP contribution < -0.4 is 5.32 Å². The second-order valence-electron chi connectivity index (χ2n) is 5.29. The Morgan fingerprint density at radius 2 is 2.14 bits per heavy atom. The number of anilines is 1. The lowest BCUT2D eigenvalue weighted by Gasteiger charge is -2.21. The summed E-state index contributed by atoms with van der Waals surface area (Å²) in [6, 6.07) is 11.9.